The van der Waals surface area contributed by atoms with Crippen LogP contribution in [0, 0.1) is 5.82 Å². The van der Waals surface area contributed by atoms with E-state index < -0.39 is 0 Å². The van der Waals surface area contributed by atoms with Crippen molar-refractivity contribution in [1.82, 2.24) is 25.1 Å². The number of benzene rings is 2. The zero-order valence-electron chi connectivity index (χ0n) is 14.8. The van der Waals surface area contributed by atoms with Gasteiger partial charge in [0.1, 0.15) is 18.2 Å². The normalized spacial score (nSPS) is 11.0. The van der Waals surface area contributed by atoms with E-state index in [0.29, 0.717) is 34.3 Å². The average molecular weight is 477 g/mol. The highest BCUT2D eigenvalue weighted by Crippen LogP contribution is 2.24. The van der Waals surface area contributed by atoms with Crippen molar-refractivity contribution in [1.29, 1.82) is 0 Å². The summed E-state index contributed by atoms with van der Waals surface area (Å²) in [4.78, 5) is 0. The van der Waals surface area contributed by atoms with E-state index in [2.05, 4.69) is 36.3 Å². The van der Waals surface area contributed by atoms with Crippen molar-refractivity contribution < 1.29 is 13.5 Å². The molecule has 0 saturated carbocycles. The molecule has 11 heteroatoms. The Labute approximate surface area is 177 Å². The molecule has 29 heavy (non-hydrogen) atoms. The van der Waals surface area contributed by atoms with Crippen LogP contribution in [-0.4, -0.2) is 25.1 Å². The Morgan fingerprint density at radius 2 is 1.79 bits per heavy atom. The van der Waals surface area contributed by atoms with Crippen molar-refractivity contribution in [3.8, 4) is 17.2 Å². The smallest absolute Gasteiger partial charge is 0.247 e. The van der Waals surface area contributed by atoms with E-state index in [-0.39, 0.29) is 12.4 Å². The van der Waals surface area contributed by atoms with Crippen molar-refractivity contribution >= 4 is 27.7 Å². The van der Waals surface area contributed by atoms with E-state index in [4.69, 9.17) is 15.0 Å². The molecule has 0 aliphatic rings. The van der Waals surface area contributed by atoms with Crippen LogP contribution >= 0.6 is 27.7 Å². The zero-order valence-corrected chi connectivity index (χ0v) is 17.2. The van der Waals surface area contributed by atoms with Gasteiger partial charge in [-0.3, -0.25) is 0 Å². The molecule has 0 saturated heterocycles. The van der Waals surface area contributed by atoms with Crippen molar-refractivity contribution in [3.05, 3.63) is 70.5 Å². The molecule has 0 bridgehead atoms. The third-order valence-electron chi connectivity index (χ3n) is 3.80. The fourth-order valence-electron chi connectivity index (χ4n) is 2.33. The second kappa shape index (κ2) is 8.62. The third-order valence-corrected chi connectivity index (χ3v) is 5.26. The molecule has 0 unspecified atom stereocenters. The maximum absolute atomic E-state index is 12.9. The van der Waals surface area contributed by atoms with Crippen LogP contribution in [0.2, 0.25) is 0 Å². The van der Waals surface area contributed by atoms with Gasteiger partial charge >= 0.3 is 0 Å². The van der Waals surface area contributed by atoms with Crippen LogP contribution in [0.3, 0.4) is 0 Å². The minimum atomic E-state index is -0.331. The lowest BCUT2D eigenvalue weighted by Gasteiger charge is -2.06. The highest BCUT2D eigenvalue weighted by Gasteiger charge is 2.14. The van der Waals surface area contributed by atoms with Gasteiger partial charge in [0, 0.05) is 10.0 Å². The summed E-state index contributed by atoms with van der Waals surface area (Å²) in [6.07, 6.45) is 0. The van der Waals surface area contributed by atoms with Gasteiger partial charge in [-0.1, -0.05) is 27.7 Å². The van der Waals surface area contributed by atoms with Gasteiger partial charge in [-0.2, -0.15) is 0 Å². The van der Waals surface area contributed by atoms with Crippen LogP contribution in [0.25, 0.3) is 11.5 Å². The van der Waals surface area contributed by atoms with Crippen molar-refractivity contribution in [2.75, 3.05) is 5.84 Å². The van der Waals surface area contributed by atoms with E-state index in [1.165, 1.54) is 40.7 Å². The second-order valence-electron chi connectivity index (χ2n) is 5.81. The van der Waals surface area contributed by atoms with E-state index >= 15 is 0 Å². The molecule has 8 nitrogen and oxygen atoms in total. The Hall–Kier alpha value is -2.92. The molecule has 2 aromatic heterocycles. The lowest BCUT2D eigenvalue weighted by molar-refractivity contribution is 0.291. The molecule has 2 aromatic carbocycles. The van der Waals surface area contributed by atoms with Gasteiger partial charge in [0.25, 0.3) is 0 Å². The molecule has 0 fully saturated rings. The van der Waals surface area contributed by atoms with Gasteiger partial charge in [0.05, 0.1) is 5.75 Å². The Balaban J connectivity index is 1.35. The quantitative estimate of drug-likeness (QED) is 0.317. The van der Waals surface area contributed by atoms with Gasteiger partial charge in [-0.05, 0) is 48.5 Å². The Morgan fingerprint density at radius 3 is 2.55 bits per heavy atom. The lowest BCUT2D eigenvalue weighted by Crippen LogP contribution is -2.15. The minimum Gasteiger partial charge on any atom is -0.486 e. The second-order valence-corrected chi connectivity index (χ2v) is 7.67. The van der Waals surface area contributed by atoms with E-state index in [1.807, 2.05) is 24.3 Å². The fraction of sp³-hybridized carbons (Fsp3) is 0.111. The Kier molecular flexibility index (Phi) is 5.76. The van der Waals surface area contributed by atoms with Gasteiger partial charge < -0.3 is 15.0 Å². The molecule has 0 aliphatic carbocycles. The number of hydrogen-bond donors (Lipinski definition) is 1. The molecule has 0 atom stereocenters. The molecule has 4 rings (SSSR count). The van der Waals surface area contributed by atoms with Crippen LogP contribution in [0.1, 0.15) is 11.7 Å². The molecule has 0 radical (unpaired) electrons. The summed E-state index contributed by atoms with van der Waals surface area (Å²) in [5, 5.41) is 16.7. The monoisotopic (exact) mass is 476 g/mol. The van der Waals surface area contributed by atoms with E-state index in [1.54, 1.807) is 0 Å². The first-order valence-electron chi connectivity index (χ1n) is 8.37. The topological polar surface area (TPSA) is 105 Å². The van der Waals surface area contributed by atoms with Crippen molar-refractivity contribution in [2.24, 2.45) is 0 Å². The largest absolute Gasteiger partial charge is 0.486 e. The summed E-state index contributed by atoms with van der Waals surface area (Å²) < 4.78 is 26.5. The maximum atomic E-state index is 12.9. The number of nitrogen functional groups attached to an aromatic ring is 1. The summed E-state index contributed by atoms with van der Waals surface area (Å²) in [6, 6.07) is 13.3. The summed E-state index contributed by atoms with van der Waals surface area (Å²) >= 11 is 4.70. The molecule has 0 aliphatic heterocycles. The molecule has 0 spiro atoms. The first kappa shape index (κ1) is 19.4. The van der Waals surface area contributed by atoms with E-state index in [9.17, 15) is 4.39 Å². The minimum absolute atomic E-state index is 0.101. The SMILES string of the molecule is Nn1c(COc2ccc(F)cc2)nnc1SCc1nnc(-c2ccc(Br)cc2)o1. The summed E-state index contributed by atoms with van der Waals surface area (Å²) in [7, 11) is 0. The number of rotatable bonds is 7. The first-order valence-corrected chi connectivity index (χ1v) is 10.2. The third kappa shape index (κ3) is 4.74. The Morgan fingerprint density at radius 1 is 1.03 bits per heavy atom. The highest BCUT2D eigenvalue weighted by molar-refractivity contribution is 9.10. The summed E-state index contributed by atoms with van der Waals surface area (Å²) in [6.45, 7) is 0.101. The predicted octanol–water partition coefficient (Wildman–Crippen LogP) is 3.81. The molecular formula is C18H14BrFN6O2S. The molecule has 148 valence electrons. The predicted molar refractivity (Wildman–Crippen MR) is 108 cm³/mol. The summed E-state index contributed by atoms with van der Waals surface area (Å²) in [5.74, 6) is 7.90. The number of nitrogens with two attached hydrogens (primary N) is 1. The van der Waals surface area contributed by atoms with Crippen LogP contribution in [0.15, 0.2) is 62.6 Å². The number of halogens is 2. The maximum Gasteiger partial charge on any atom is 0.247 e. The number of hydrogen-bond acceptors (Lipinski definition) is 8. The van der Waals surface area contributed by atoms with Crippen LogP contribution < -0.4 is 10.6 Å². The van der Waals surface area contributed by atoms with Gasteiger partial charge in [-0.15, -0.1) is 20.4 Å². The van der Waals surface area contributed by atoms with Gasteiger partial charge in [0.15, 0.2) is 5.82 Å². The van der Waals surface area contributed by atoms with Crippen molar-refractivity contribution in [3.63, 3.8) is 0 Å². The van der Waals surface area contributed by atoms with Gasteiger partial charge in [0.2, 0.25) is 16.9 Å². The molecule has 0 amide bonds. The highest BCUT2D eigenvalue weighted by atomic mass is 79.9. The number of aromatic nitrogens is 5. The van der Waals surface area contributed by atoms with Gasteiger partial charge in [-0.25, -0.2) is 9.07 Å². The molecular weight excluding hydrogens is 463 g/mol. The van der Waals surface area contributed by atoms with E-state index in [0.717, 1.165) is 10.0 Å². The Bertz CT molecular complexity index is 1100. The summed E-state index contributed by atoms with van der Waals surface area (Å²) in [5.41, 5.74) is 0.833. The van der Waals surface area contributed by atoms with Crippen LogP contribution in [0.5, 0.6) is 5.75 Å². The first-order chi connectivity index (χ1) is 14.1. The number of nitrogens with zero attached hydrogens (tertiary/aromatic N) is 5. The molecule has 2 heterocycles. The number of thioether (sulfide) groups is 1. The van der Waals surface area contributed by atoms with Crippen LogP contribution in [0.4, 0.5) is 4.39 Å². The van der Waals surface area contributed by atoms with Crippen molar-refractivity contribution in [2.45, 2.75) is 17.5 Å². The van der Waals surface area contributed by atoms with Crippen LogP contribution in [-0.2, 0) is 12.4 Å². The number of ether oxygens (including phenoxy) is 1. The zero-order chi connectivity index (χ0) is 20.2. The fourth-order valence-corrected chi connectivity index (χ4v) is 3.31. The molecule has 4 aromatic rings. The lowest BCUT2D eigenvalue weighted by atomic mass is 10.2. The average Bonchev–Trinajstić information content (AvgIpc) is 3.33. The standard InChI is InChI=1S/C18H14BrFN6O2S/c19-12-3-1-11(2-4-12)17-24-23-16(28-17)10-29-18-25-22-15(26(18)21)9-27-14-7-5-13(20)6-8-14/h1-8H,9-10,21H2. The molecule has 2 N–H and O–H groups in total.